The van der Waals surface area contributed by atoms with Gasteiger partial charge in [-0.15, -0.1) is 0 Å². The van der Waals surface area contributed by atoms with Crippen molar-refractivity contribution in [3.8, 4) is 5.75 Å². The first kappa shape index (κ1) is 16.7. The van der Waals surface area contributed by atoms with Crippen molar-refractivity contribution in [3.63, 3.8) is 0 Å². The minimum Gasteiger partial charge on any atom is -0.495 e. The molecule has 8 heteroatoms. The number of hydrogen-bond acceptors (Lipinski definition) is 5. The number of ether oxygens (including phenoxy) is 2. The van der Waals surface area contributed by atoms with E-state index >= 15 is 0 Å². The smallest absolute Gasteiger partial charge is 0.244 e. The van der Waals surface area contributed by atoms with E-state index in [-0.39, 0.29) is 29.2 Å². The summed E-state index contributed by atoms with van der Waals surface area (Å²) in [4.78, 5) is 11.1. The minimum absolute atomic E-state index is 0.0146. The molecule has 2 rings (SSSR count). The van der Waals surface area contributed by atoms with Crippen LogP contribution in [-0.2, 0) is 19.6 Å². The van der Waals surface area contributed by atoms with Crippen LogP contribution in [0.5, 0.6) is 5.75 Å². The largest absolute Gasteiger partial charge is 0.495 e. The number of amides is 1. The first-order valence-electron chi connectivity index (χ1n) is 6.99. The second-order valence-corrected chi connectivity index (χ2v) is 6.77. The summed E-state index contributed by atoms with van der Waals surface area (Å²) in [6.45, 7) is 2.23. The zero-order valence-electron chi connectivity index (χ0n) is 12.6. The third-order valence-corrected chi connectivity index (χ3v) is 4.74. The lowest BCUT2D eigenvalue weighted by Gasteiger charge is -2.14. The van der Waals surface area contributed by atoms with Gasteiger partial charge in [0.25, 0.3) is 0 Å². The molecule has 0 bridgehead atoms. The molecule has 22 heavy (non-hydrogen) atoms. The van der Waals surface area contributed by atoms with Gasteiger partial charge in [0, 0.05) is 25.8 Å². The van der Waals surface area contributed by atoms with Crippen LogP contribution in [0.4, 0.5) is 5.69 Å². The first-order chi connectivity index (χ1) is 10.4. The number of carbonyl (C=O) groups is 1. The van der Waals surface area contributed by atoms with Crippen molar-refractivity contribution >= 4 is 21.6 Å². The Morgan fingerprint density at radius 2 is 2.23 bits per heavy atom. The fraction of sp³-hybridized carbons (Fsp3) is 0.500. The molecule has 1 saturated heterocycles. The van der Waals surface area contributed by atoms with Crippen molar-refractivity contribution in [2.45, 2.75) is 30.8 Å². The molecule has 2 N–H and O–H groups in total. The van der Waals surface area contributed by atoms with E-state index in [9.17, 15) is 13.2 Å². The molecule has 0 spiro atoms. The number of hydrogen-bond donors (Lipinski definition) is 2. The van der Waals surface area contributed by atoms with Crippen molar-refractivity contribution < 1.29 is 22.7 Å². The maximum absolute atomic E-state index is 12.4. The third-order valence-electron chi connectivity index (χ3n) is 3.30. The monoisotopic (exact) mass is 328 g/mol. The number of methoxy groups -OCH3 is 1. The van der Waals surface area contributed by atoms with Crippen LogP contribution in [-0.4, -0.2) is 40.7 Å². The van der Waals surface area contributed by atoms with Gasteiger partial charge in [0.15, 0.2) is 0 Å². The Morgan fingerprint density at radius 3 is 2.82 bits per heavy atom. The predicted molar refractivity (Wildman–Crippen MR) is 81.5 cm³/mol. The highest BCUT2D eigenvalue weighted by molar-refractivity contribution is 7.89. The fourth-order valence-electron chi connectivity index (χ4n) is 2.25. The van der Waals surface area contributed by atoms with Crippen LogP contribution in [0.1, 0.15) is 19.8 Å². The number of sulfonamides is 1. The lowest BCUT2D eigenvalue weighted by molar-refractivity contribution is -0.114. The summed E-state index contributed by atoms with van der Waals surface area (Å²) in [6.07, 6.45) is 1.68. The number of rotatable bonds is 6. The second kappa shape index (κ2) is 7.08. The van der Waals surface area contributed by atoms with Gasteiger partial charge >= 0.3 is 0 Å². The van der Waals surface area contributed by atoms with E-state index in [0.717, 1.165) is 12.8 Å². The summed E-state index contributed by atoms with van der Waals surface area (Å²) in [7, 11) is -2.36. The van der Waals surface area contributed by atoms with E-state index < -0.39 is 10.0 Å². The Kier molecular flexibility index (Phi) is 5.38. The highest BCUT2D eigenvalue weighted by atomic mass is 32.2. The number of benzene rings is 1. The van der Waals surface area contributed by atoms with Crippen molar-refractivity contribution in [2.24, 2.45) is 0 Å². The molecule has 1 aromatic rings. The summed E-state index contributed by atoms with van der Waals surface area (Å²) in [5.74, 6) is -0.0604. The van der Waals surface area contributed by atoms with Gasteiger partial charge in [-0.05, 0) is 31.0 Å². The van der Waals surface area contributed by atoms with Crippen LogP contribution in [0, 0.1) is 0 Å². The molecular formula is C14H20N2O5S. The normalized spacial score (nSPS) is 18.2. The van der Waals surface area contributed by atoms with Crippen LogP contribution < -0.4 is 14.8 Å². The van der Waals surface area contributed by atoms with Gasteiger partial charge in [-0.25, -0.2) is 13.1 Å². The van der Waals surface area contributed by atoms with E-state index in [1.165, 1.54) is 26.2 Å². The van der Waals surface area contributed by atoms with E-state index in [2.05, 4.69) is 10.0 Å². The van der Waals surface area contributed by atoms with Crippen LogP contribution in [0.3, 0.4) is 0 Å². The van der Waals surface area contributed by atoms with Crippen LogP contribution in [0.2, 0.25) is 0 Å². The first-order valence-corrected chi connectivity index (χ1v) is 8.47. The molecule has 0 saturated carbocycles. The third kappa shape index (κ3) is 4.19. The minimum atomic E-state index is -3.76. The van der Waals surface area contributed by atoms with Gasteiger partial charge in [-0.1, -0.05) is 0 Å². The molecule has 1 aromatic carbocycles. The standard InChI is InChI=1S/C14H20N2O5S/c1-10(17)16-11-5-6-13(20-2)14(8-11)22(18,19)15-9-12-4-3-7-21-12/h5-6,8,12,15H,3-4,7,9H2,1-2H3,(H,16,17)/t12-/m0/s1. The Labute approximate surface area is 130 Å². The molecule has 1 amide bonds. The summed E-state index contributed by atoms with van der Waals surface area (Å²) >= 11 is 0. The van der Waals surface area contributed by atoms with Crippen molar-refractivity contribution in [2.75, 3.05) is 25.6 Å². The van der Waals surface area contributed by atoms with Crippen LogP contribution in [0.15, 0.2) is 23.1 Å². The van der Waals surface area contributed by atoms with Crippen molar-refractivity contribution in [1.82, 2.24) is 4.72 Å². The summed E-state index contributed by atoms with van der Waals surface area (Å²) < 4.78 is 37.9. The molecule has 122 valence electrons. The Morgan fingerprint density at radius 1 is 1.45 bits per heavy atom. The van der Waals surface area contributed by atoms with Gasteiger partial charge in [-0.3, -0.25) is 4.79 Å². The summed E-state index contributed by atoms with van der Waals surface area (Å²) in [5.41, 5.74) is 0.394. The highest BCUT2D eigenvalue weighted by Crippen LogP contribution is 2.27. The van der Waals surface area contributed by atoms with Crippen molar-refractivity contribution in [3.05, 3.63) is 18.2 Å². The SMILES string of the molecule is COc1ccc(NC(C)=O)cc1S(=O)(=O)NC[C@@H]1CCCO1. The molecule has 0 aliphatic carbocycles. The number of anilines is 1. The zero-order valence-corrected chi connectivity index (χ0v) is 13.4. The average Bonchev–Trinajstić information content (AvgIpc) is 2.98. The Hall–Kier alpha value is -1.64. The van der Waals surface area contributed by atoms with Crippen molar-refractivity contribution in [1.29, 1.82) is 0 Å². The Bertz CT molecular complexity index is 639. The van der Waals surface area contributed by atoms with Crippen LogP contribution >= 0.6 is 0 Å². The molecule has 1 aliphatic rings. The number of carbonyl (C=O) groups excluding carboxylic acids is 1. The molecule has 0 unspecified atom stereocenters. The summed E-state index contributed by atoms with van der Waals surface area (Å²) in [5, 5.41) is 2.55. The Balaban J connectivity index is 2.20. The zero-order chi connectivity index (χ0) is 16.2. The summed E-state index contributed by atoms with van der Waals surface area (Å²) in [6, 6.07) is 4.46. The highest BCUT2D eigenvalue weighted by Gasteiger charge is 2.23. The molecule has 1 aliphatic heterocycles. The number of nitrogens with one attached hydrogen (secondary N) is 2. The van der Waals surface area contributed by atoms with Gasteiger partial charge in [-0.2, -0.15) is 0 Å². The van der Waals surface area contributed by atoms with Gasteiger partial charge in [0.05, 0.1) is 13.2 Å². The van der Waals surface area contributed by atoms with E-state index in [0.29, 0.717) is 12.3 Å². The molecule has 1 atom stereocenters. The molecule has 7 nitrogen and oxygen atoms in total. The van der Waals surface area contributed by atoms with Gasteiger partial charge in [0.2, 0.25) is 15.9 Å². The van der Waals surface area contributed by atoms with Gasteiger partial charge < -0.3 is 14.8 Å². The molecule has 0 radical (unpaired) electrons. The maximum atomic E-state index is 12.4. The molecule has 1 heterocycles. The molecular weight excluding hydrogens is 308 g/mol. The fourth-order valence-corrected chi connectivity index (χ4v) is 3.51. The van der Waals surface area contributed by atoms with Crippen LogP contribution in [0.25, 0.3) is 0 Å². The quantitative estimate of drug-likeness (QED) is 0.816. The lowest BCUT2D eigenvalue weighted by Crippen LogP contribution is -2.32. The lowest BCUT2D eigenvalue weighted by atomic mass is 10.2. The predicted octanol–water partition coefficient (Wildman–Crippen LogP) is 1.11. The topological polar surface area (TPSA) is 93.7 Å². The molecule has 1 fully saturated rings. The second-order valence-electron chi connectivity index (χ2n) is 5.03. The average molecular weight is 328 g/mol. The van der Waals surface area contributed by atoms with E-state index in [4.69, 9.17) is 9.47 Å². The molecule has 0 aromatic heterocycles. The van der Waals surface area contributed by atoms with E-state index in [1.54, 1.807) is 6.07 Å². The van der Waals surface area contributed by atoms with Gasteiger partial charge in [0.1, 0.15) is 10.6 Å². The van der Waals surface area contributed by atoms with E-state index in [1.807, 2.05) is 0 Å². The maximum Gasteiger partial charge on any atom is 0.244 e.